The fourth-order valence-electron chi connectivity index (χ4n) is 0.980. The average molecular weight is 200 g/mol. The van der Waals surface area contributed by atoms with Gasteiger partial charge in [0, 0.05) is 23.9 Å². The molecule has 0 unspecified atom stereocenters. The van der Waals surface area contributed by atoms with Crippen LogP contribution in [0.3, 0.4) is 0 Å². The molecule has 0 saturated carbocycles. The molecule has 0 fully saturated rings. The highest BCUT2D eigenvalue weighted by Gasteiger charge is 1.90. The summed E-state index contributed by atoms with van der Waals surface area (Å²) in [5.74, 6) is 0. The van der Waals surface area contributed by atoms with E-state index in [4.69, 9.17) is 16.3 Å². The lowest BCUT2D eigenvalue weighted by Crippen LogP contribution is -2.08. The molecule has 0 bridgehead atoms. The second-order valence-electron chi connectivity index (χ2n) is 2.63. The van der Waals surface area contributed by atoms with Gasteiger partial charge in [-0.15, -0.1) is 0 Å². The molecule has 72 valence electrons. The minimum absolute atomic E-state index is 0.735. The lowest BCUT2D eigenvalue weighted by atomic mass is 10.3. The Labute approximate surface area is 83.9 Å². The Morgan fingerprint density at radius 1 is 1.31 bits per heavy atom. The third-order valence-electron chi connectivity index (χ3n) is 1.62. The van der Waals surface area contributed by atoms with Crippen LogP contribution in [0.25, 0.3) is 0 Å². The molecule has 13 heavy (non-hydrogen) atoms. The van der Waals surface area contributed by atoms with Gasteiger partial charge in [0.25, 0.3) is 0 Å². The topological polar surface area (TPSA) is 21.3 Å². The van der Waals surface area contributed by atoms with Gasteiger partial charge < -0.3 is 10.1 Å². The number of halogens is 1. The van der Waals surface area contributed by atoms with E-state index in [0.717, 1.165) is 30.5 Å². The van der Waals surface area contributed by atoms with E-state index in [0.29, 0.717) is 0 Å². The van der Waals surface area contributed by atoms with Crippen LogP contribution in [0.2, 0.25) is 5.02 Å². The summed E-state index contributed by atoms with van der Waals surface area (Å²) in [4.78, 5) is 0. The molecule has 1 aromatic carbocycles. The summed E-state index contributed by atoms with van der Waals surface area (Å²) >= 11 is 5.74. The molecule has 0 heterocycles. The van der Waals surface area contributed by atoms with E-state index in [2.05, 4.69) is 5.32 Å². The van der Waals surface area contributed by atoms with Crippen molar-refractivity contribution in [2.24, 2.45) is 0 Å². The minimum Gasteiger partial charge on any atom is -0.383 e. The van der Waals surface area contributed by atoms with Crippen LogP contribution in [0.15, 0.2) is 24.3 Å². The number of rotatable bonds is 5. The molecular formula is C10H14ClNO. The van der Waals surface area contributed by atoms with E-state index in [-0.39, 0.29) is 0 Å². The number of hydrogen-bond donors (Lipinski definition) is 1. The zero-order valence-corrected chi connectivity index (χ0v) is 8.47. The van der Waals surface area contributed by atoms with Gasteiger partial charge in [0.05, 0.1) is 6.61 Å². The highest BCUT2D eigenvalue weighted by Crippen LogP contribution is 2.12. The molecule has 0 aliphatic rings. The van der Waals surface area contributed by atoms with Crippen LogP contribution in [0.5, 0.6) is 0 Å². The number of benzene rings is 1. The van der Waals surface area contributed by atoms with Crippen LogP contribution in [-0.4, -0.2) is 19.8 Å². The maximum absolute atomic E-state index is 5.74. The molecule has 0 atom stereocenters. The van der Waals surface area contributed by atoms with E-state index in [1.807, 2.05) is 31.2 Å². The van der Waals surface area contributed by atoms with Crippen LogP contribution in [-0.2, 0) is 4.74 Å². The van der Waals surface area contributed by atoms with Gasteiger partial charge in [-0.1, -0.05) is 11.6 Å². The first-order valence-electron chi connectivity index (χ1n) is 4.40. The van der Waals surface area contributed by atoms with Crippen molar-refractivity contribution in [1.29, 1.82) is 0 Å². The van der Waals surface area contributed by atoms with Gasteiger partial charge >= 0.3 is 0 Å². The Kier molecular flexibility index (Phi) is 4.65. The van der Waals surface area contributed by atoms with Crippen molar-refractivity contribution >= 4 is 17.3 Å². The molecule has 3 heteroatoms. The van der Waals surface area contributed by atoms with Crippen molar-refractivity contribution in [2.45, 2.75) is 6.92 Å². The van der Waals surface area contributed by atoms with Crippen LogP contribution >= 0.6 is 11.6 Å². The molecule has 0 aliphatic heterocycles. The van der Waals surface area contributed by atoms with Gasteiger partial charge in [-0.05, 0) is 31.2 Å². The molecule has 0 radical (unpaired) electrons. The highest BCUT2D eigenvalue weighted by atomic mass is 35.5. The molecular weight excluding hydrogens is 186 g/mol. The fourth-order valence-corrected chi connectivity index (χ4v) is 1.11. The maximum atomic E-state index is 5.74. The first-order valence-corrected chi connectivity index (χ1v) is 4.78. The first-order chi connectivity index (χ1) is 6.33. The third-order valence-corrected chi connectivity index (χ3v) is 1.88. The summed E-state index contributed by atoms with van der Waals surface area (Å²) in [6, 6.07) is 7.64. The predicted molar refractivity (Wildman–Crippen MR) is 56.4 cm³/mol. The smallest absolute Gasteiger partial charge is 0.0638 e. The average Bonchev–Trinajstić information content (AvgIpc) is 2.15. The Morgan fingerprint density at radius 3 is 2.62 bits per heavy atom. The Balaban J connectivity index is 2.25. The summed E-state index contributed by atoms with van der Waals surface area (Å²) in [6.07, 6.45) is 0. The lowest BCUT2D eigenvalue weighted by molar-refractivity contribution is 0.158. The highest BCUT2D eigenvalue weighted by molar-refractivity contribution is 6.30. The predicted octanol–water partition coefficient (Wildman–Crippen LogP) is 2.79. The van der Waals surface area contributed by atoms with Crippen molar-refractivity contribution in [3.63, 3.8) is 0 Å². The monoisotopic (exact) mass is 199 g/mol. The standard InChI is InChI=1S/C10H14ClNO/c1-2-13-8-7-12-10-5-3-9(11)4-6-10/h3-6,12H,2,7-8H2,1H3. The molecule has 0 aromatic heterocycles. The van der Waals surface area contributed by atoms with E-state index >= 15 is 0 Å². The Bertz CT molecular complexity index is 235. The normalized spacial score (nSPS) is 10.0. The van der Waals surface area contributed by atoms with Crippen molar-refractivity contribution in [3.05, 3.63) is 29.3 Å². The van der Waals surface area contributed by atoms with E-state index in [9.17, 15) is 0 Å². The Morgan fingerprint density at radius 2 is 2.00 bits per heavy atom. The van der Waals surface area contributed by atoms with Gasteiger partial charge in [-0.3, -0.25) is 0 Å². The van der Waals surface area contributed by atoms with Crippen LogP contribution in [0.4, 0.5) is 5.69 Å². The lowest BCUT2D eigenvalue weighted by Gasteiger charge is -2.05. The van der Waals surface area contributed by atoms with Crippen molar-refractivity contribution < 1.29 is 4.74 Å². The van der Waals surface area contributed by atoms with Gasteiger partial charge in [0.15, 0.2) is 0 Å². The molecule has 1 N–H and O–H groups in total. The molecule has 0 aliphatic carbocycles. The van der Waals surface area contributed by atoms with Crippen molar-refractivity contribution in [1.82, 2.24) is 0 Å². The number of hydrogen-bond acceptors (Lipinski definition) is 2. The van der Waals surface area contributed by atoms with E-state index in [1.54, 1.807) is 0 Å². The van der Waals surface area contributed by atoms with Crippen molar-refractivity contribution in [3.8, 4) is 0 Å². The molecule has 2 nitrogen and oxygen atoms in total. The Hall–Kier alpha value is -0.730. The molecule has 0 amide bonds. The number of nitrogens with one attached hydrogen (secondary N) is 1. The van der Waals surface area contributed by atoms with Gasteiger partial charge in [-0.2, -0.15) is 0 Å². The summed E-state index contributed by atoms with van der Waals surface area (Å²) in [6.45, 7) is 4.32. The SMILES string of the molecule is CCOCCNc1ccc(Cl)cc1. The van der Waals surface area contributed by atoms with Gasteiger partial charge in [0.2, 0.25) is 0 Å². The van der Waals surface area contributed by atoms with Crippen molar-refractivity contribution in [2.75, 3.05) is 25.1 Å². The van der Waals surface area contributed by atoms with Crippen LogP contribution < -0.4 is 5.32 Å². The van der Waals surface area contributed by atoms with E-state index in [1.165, 1.54) is 0 Å². The summed E-state index contributed by atoms with van der Waals surface area (Å²) in [5.41, 5.74) is 1.07. The zero-order valence-electron chi connectivity index (χ0n) is 7.72. The molecule has 1 rings (SSSR count). The van der Waals surface area contributed by atoms with Gasteiger partial charge in [0.1, 0.15) is 0 Å². The molecule has 0 spiro atoms. The second kappa shape index (κ2) is 5.84. The summed E-state index contributed by atoms with van der Waals surface area (Å²) < 4.78 is 5.19. The number of ether oxygens (including phenoxy) is 1. The molecule has 1 aromatic rings. The maximum Gasteiger partial charge on any atom is 0.0638 e. The number of anilines is 1. The molecule has 0 saturated heterocycles. The zero-order chi connectivity index (χ0) is 9.52. The fraction of sp³-hybridized carbons (Fsp3) is 0.400. The van der Waals surface area contributed by atoms with Crippen LogP contribution in [0.1, 0.15) is 6.92 Å². The largest absolute Gasteiger partial charge is 0.383 e. The first kappa shape index (κ1) is 10.4. The quantitative estimate of drug-likeness (QED) is 0.737. The summed E-state index contributed by atoms with van der Waals surface area (Å²) in [7, 11) is 0. The van der Waals surface area contributed by atoms with Crippen LogP contribution in [0, 0.1) is 0 Å². The summed E-state index contributed by atoms with van der Waals surface area (Å²) in [5, 5.41) is 3.98. The van der Waals surface area contributed by atoms with Gasteiger partial charge in [-0.25, -0.2) is 0 Å². The third kappa shape index (κ3) is 4.15. The van der Waals surface area contributed by atoms with E-state index < -0.39 is 0 Å². The second-order valence-corrected chi connectivity index (χ2v) is 3.07. The minimum atomic E-state index is 0.735.